The van der Waals surface area contributed by atoms with Crippen LogP contribution >= 0.6 is 0 Å². The highest BCUT2D eigenvalue weighted by Crippen LogP contribution is 2.27. The van der Waals surface area contributed by atoms with Crippen molar-refractivity contribution >= 4 is 33.6 Å². The molecule has 3 aromatic rings. The average molecular weight is 213 g/mol. The fourth-order valence-corrected chi connectivity index (χ4v) is 1.66. The Morgan fingerprint density at radius 2 is 2.00 bits per heavy atom. The maximum Gasteiger partial charge on any atom is 0.166 e. The summed E-state index contributed by atoms with van der Waals surface area (Å²) < 4.78 is 0. The molecule has 0 radical (unpaired) electrons. The summed E-state index contributed by atoms with van der Waals surface area (Å²) in [5.41, 5.74) is 13.0. The molecule has 16 heavy (non-hydrogen) atoms. The number of nitriles is 1. The van der Waals surface area contributed by atoms with E-state index >= 15 is 0 Å². The molecule has 6 N–H and O–H groups in total. The maximum absolute atomic E-state index is 8.80. The van der Waals surface area contributed by atoms with Crippen molar-refractivity contribution in [3.8, 4) is 6.07 Å². The Labute approximate surface area is 89.1 Å². The molecular weight excluding hydrogens is 206 g/mol. The fraction of sp³-hybridized carbons (Fsp3) is 0. The van der Waals surface area contributed by atoms with Crippen LogP contribution in [0.3, 0.4) is 0 Å². The van der Waals surface area contributed by atoms with E-state index in [-0.39, 0.29) is 5.69 Å². The molecule has 3 heterocycles. The second kappa shape index (κ2) is 2.64. The molecule has 0 bridgehead atoms. The molecule has 0 aliphatic heterocycles. The second-order valence-electron chi connectivity index (χ2n) is 3.41. The van der Waals surface area contributed by atoms with Crippen LogP contribution in [0.4, 0.5) is 11.5 Å². The predicted molar refractivity (Wildman–Crippen MR) is 59.3 cm³/mol. The van der Waals surface area contributed by atoms with E-state index in [1.807, 2.05) is 6.07 Å². The van der Waals surface area contributed by atoms with Crippen molar-refractivity contribution in [2.24, 2.45) is 0 Å². The molecule has 7 heteroatoms. The summed E-state index contributed by atoms with van der Waals surface area (Å²) >= 11 is 0. The summed E-state index contributed by atoms with van der Waals surface area (Å²) in [5.74, 6) is 0.475. The minimum Gasteiger partial charge on any atom is -0.396 e. The number of nitrogens with one attached hydrogen (secondary N) is 2. The van der Waals surface area contributed by atoms with E-state index in [2.05, 4.69) is 20.2 Å². The number of hydrogen-bond acceptors (Lipinski definition) is 5. The number of anilines is 2. The Bertz CT molecular complexity index is 742. The number of nitrogen functional groups attached to an aromatic ring is 2. The van der Waals surface area contributed by atoms with Crippen LogP contribution in [0.1, 0.15) is 5.69 Å². The molecule has 7 nitrogen and oxygen atoms in total. The first-order valence-corrected chi connectivity index (χ1v) is 4.52. The van der Waals surface area contributed by atoms with Gasteiger partial charge in [0.15, 0.2) is 17.0 Å². The number of aromatic amines is 2. The van der Waals surface area contributed by atoms with E-state index in [1.54, 1.807) is 6.07 Å². The van der Waals surface area contributed by atoms with Gasteiger partial charge in [0.25, 0.3) is 0 Å². The number of fused-ring (bicyclic) bond motifs is 2. The monoisotopic (exact) mass is 213 g/mol. The summed E-state index contributed by atoms with van der Waals surface area (Å²) in [6.07, 6.45) is 0. The third-order valence-corrected chi connectivity index (χ3v) is 2.48. The lowest BCUT2D eigenvalue weighted by Gasteiger charge is -1.92. The largest absolute Gasteiger partial charge is 0.396 e. The highest BCUT2D eigenvalue weighted by Gasteiger charge is 2.13. The summed E-state index contributed by atoms with van der Waals surface area (Å²) in [5, 5.41) is 15.7. The van der Waals surface area contributed by atoms with E-state index in [4.69, 9.17) is 16.7 Å². The number of H-pyrrole nitrogens is 2. The number of pyridine rings is 1. The molecule has 0 spiro atoms. The number of aromatic nitrogens is 4. The first kappa shape index (κ1) is 8.55. The molecule has 0 aliphatic rings. The van der Waals surface area contributed by atoms with Gasteiger partial charge in [0.2, 0.25) is 0 Å². The van der Waals surface area contributed by atoms with E-state index in [9.17, 15) is 0 Å². The molecule has 0 atom stereocenters. The van der Waals surface area contributed by atoms with Crippen molar-refractivity contribution in [2.45, 2.75) is 0 Å². The Morgan fingerprint density at radius 1 is 1.19 bits per heavy atom. The van der Waals surface area contributed by atoms with Gasteiger partial charge >= 0.3 is 0 Å². The van der Waals surface area contributed by atoms with E-state index in [0.29, 0.717) is 28.2 Å². The van der Waals surface area contributed by atoms with E-state index in [1.165, 1.54) is 0 Å². The second-order valence-corrected chi connectivity index (χ2v) is 3.41. The lowest BCUT2D eigenvalue weighted by molar-refractivity contribution is 1.11. The molecule has 78 valence electrons. The minimum absolute atomic E-state index is 0.192. The first-order chi connectivity index (χ1) is 7.70. The normalized spacial score (nSPS) is 10.9. The summed E-state index contributed by atoms with van der Waals surface area (Å²) in [6, 6.07) is 3.69. The van der Waals surface area contributed by atoms with Crippen molar-refractivity contribution in [1.82, 2.24) is 20.2 Å². The molecule has 0 saturated heterocycles. The molecule has 0 amide bonds. The third kappa shape index (κ3) is 0.899. The van der Waals surface area contributed by atoms with Gasteiger partial charge in [-0.2, -0.15) is 5.26 Å². The van der Waals surface area contributed by atoms with E-state index in [0.717, 1.165) is 5.39 Å². The van der Waals surface area contributed by atoms with Gasteiger partial charge in [-0.25, -0.2) is 9.97 Å². The number of rotatable bonds is 0. The zero-order valence-corrected chi connectivity index (χ0v) is 8.07. The van der Waals surface area contributed by atoms with Crippen LogP contribution in [0.15, 0.2) is 6.07 Å². The molecule has 0 aliphatic carbocycles. The molecule has 0 aromatic carbocycles. The molecule has 0 saturated carbocycles. The van der Waals surface area contributed by atoms with Gasteiger partial charge in [0.1, 0.15) is 11.9 Å². The lowest BCUT2D eigenvalue weighted by Crippen LogP contribution is -1.86. The van der Waals surface area contributed by atoms with E-state index < -0.39 is 0 Å². The Balaban J connectivity index is 2.51. The SMILES string of the molecule is N#Cc1nc2nc3[nH][nH]c(N)c3cc2c1N. The zero-order chi connectivity index (χ0) is 11.3. The van der Waals surface area contributed by atoms with Gasteiger partial charge in [0.05, 0.1) is 11.1 Å². The van der Waals surface area contributed by atoms with Gasteiger partial charge in [-0.1, -0.05) is 0 Å². The van der Waals surface area contributed by atoms with Crippen LogP contribution in [0.2, 0.25) is 0 Å². The molecule has 3 rings (SSSR count). The fourth-order valence-electron chi connectivity index (χ4n) is 1.66. The number of nitrogens with zero attached hydrogens (tertiary/aromatic N) is 3. The van der Waals surface area contributed by atoms with Crippen molar-refractivity contribution in [3.05, 3.63) is 11.8 Å². The first-order valence-electron chi connectivity index (χ1n) is 4.52. The summed E-state index contributed by atoms with van der Waals surface area (Å²) in [6.45, 7) is 0. The van der Waals surface area contributed by atoms with Crippen LogP contribution < -0.4 is 11.5 Å². The van der Waals surface area contributed by atoms with Crippen molar-refractivity contribution in [3.63, 3.8) is 0 Å². The Morgan fingerprint density at radius 3 is 2.75 bits per heavy atom. The van der Waals surface area contributed by atoms with Gasteiger partial charge in [-0.3, -0.25) is 10.2 Å². The quantitative estimate of drug-likeness (QED) is 0.430. The van der Waals surface area contributed by atoms with Crippen LogP contribution in [-0.4, -0.2) is 20.2 Å². The standard InChI is InChI=1S/C9H7N7/c10-2-5-6(11)3-1-4-7(12)15-16-9(4)14-8(3)13-5/h1H,11H2,(H4,12,13,14,15,16). The zero-order valence-electron chi connectivity index (χ0n) is 8.07. The average Bonchev–Trinajstić information content (AvgIpc) is 2.79. The van der Waals surface area contributed by atoms with Gasteiger partial charge in [-0.15, -0.1) is 0 Å². The highest BCUT2D eigenvalue weighted by molar-refractivity contribution is 6.01. The molecule has 0 fully saturated rings. The summed E-state index contributed by atoms with van der Waals surface area (Å²) in [7, 11) is 0. The van der Waals surface area contributed by atoms with Gasteiger partial charge in [0, 0.05) is 5.39 Å². The number of hydrogen-bond donors (Lipinski definition) is 4. The van der Waals surface area contributed by atoms with Crippen LogP contribution in [0.25, 0.3) is 22.1 Å². The minimum atomic E-state index is 0.192. The number of nitrogens with two attached hydrogens (primary N) is 2. The van der Waals surface area contributed by atoms with Crippen LogP contribution in [0, 0.1) is 11.3 Å². The molecule has 3 aromatic heterocycles. The smallest absolute Gasteiger partial charge is 0.166 e. The van der Waals surface area contributed by atoms with Crippen molar-refractivity contribution < 1.29 is 0 Å². The maximum atomic E-state index is 8.80. The molecule has 0 unspecified atom stereocenters. The predicted octanol–water partition coefficient (Wildman–Crippen LogP) is 0.475. The highest BCUT2D eigenvalue weighted by atomic mass is 15.2. The van der Waals surface area contributed by atoms with Crippen LogP contribution in [-0.2, 0) is 0 Å². The van der Waals surface area contributed by atoms with Gasteiger partial charge < -0.3 is 11.5 Å². The third-order valence-electron chi connectivity index (χ3n) is 2.48. The Kier molecular flexibility index (Phi) is 1.41. The van der Waals surface area contributed by atoms with Gasteiger partial charge in [-0.05, 0) is 6.07 Å². The van der Waals surface area contributed by atoms with Crippen molar-refractivity contribution in [2.75, 3.05) is 11.5 Å². The lowest BCUT2D eigenvalue weighted by atomic mass is 10.2. The summed E-state index contributed by atoms with van der Waals surface area (Å²) in [4.78, 5) is 8.24. The van der Waals surface area contributed by atoms with Crippen LogP contribution in [0.5, 0.6) is 0 Å². The Hall–Kier alpha value is -2.75. The molecular formula is C9H7N7. The van der Waals surface area contributed by atoms with Crippen molar-refractivity contribution in [1.29, 1.82) is 5.26 Å². The topological polar surface area (TPSA) is 133 Å².